The van der Waals surface area contributed by atoms with E-state index in [4.69, 9.17) is 0 Å². The predicted molar refractivity (Wildman–Crippen MR) is 80.5 cm³/mol. The van der Waals surface area contributed by atoms with Gasteiger partial charge in [-0.3, -0.25) is 14.9 Å². The van der Waals surface area contributed by atoms with Gasteiger partial charge in [0, 0.05) is 18.8 Å². The van der Waals surface area contributed by atoms with Crippen LogP contribution < -0.4 is 10.6 Å². The van der Waals surface area contributed by atoms with Crippen molar-refractivity contribution in [2.75, 3.05) is 23.9 Å². The van der Waals surface area contributed by atoms with Gasteiger partial charge in [0.25, 0.3) is 5.91 Å². The summed E-state index contributed by atoms with van der Waals surface area (Å²) in [5, 5.41) is 16.8. The number of carbonyl (C=O) groups excluding carboxylic acids is 1. The molecule has 20 heavy (non-hydrogen) atoms. The van der Waals surface area contributed by atoms with E-state index in [0.717, 1.165) is 24.3 Å². The summed E-state index contributed by atoms with van der Waals surface area (Å²) in [6.07, 6.45) is 1.99. The van der Waals surface area contributed by atoms with Gasteiger partial charge in [-0.25, -0.2) is 0 Å². The number of nitrogens with one attached hydrogen (secondary N) is 2. The Labute approximate surface area is 121 Å². The Balaban J connectivity index is 2.22. The van der Waals surface area contributed by atoms with Crippen molar-refractivity contribution in [2.24, 2.45) is 0 Å². The third-order valence-corrected chi connectivity index (χ3v) is 4.44. The van der Waals surface area contributed by atoms with E-state index in [-0.39, 0.29) is 23.2 Å². The molecule has 108 valence electrons. The van der Waals surface area contributed by atoms with Crippen molar-refractivity contribution in [3.05, 3.63) is 33.9 Å². The van der Waals surface area contributed by atoms with Gasteiger partial charge in [0.2, 0.25) is 0 Å². The molecule has 2 N–H and O–H groups in total. The number of nitro benzene ring substituents is 1. The maximum Gasteiger partial charge on any atom is 0.305 e. The van der Waals surface area contributed by atoms with E-state index >= 15 is 0 Å². The maximum atomic E-state index is 12.3. The first-order valence-corrected chi connectivity index (χ1v) is 7.62. The number of benzene rings is 1. The van der Waals surface area contributed by atoms with Gasteiger partial charge >= 0.3 is 5.69 Å². The molecule has 1 atom stereocenters. The molecule has 1 aromatic carbocycles. The van der Waals surface area contributed by atoms with Gasteiger partial charge in [-0.15, -0.1) is 0 Å². The van der Waals surface area contributed by atoms with Gasteiger partial charge in [0.1, 0.15) is 11.3 Å². The minimum absolute atomic E-state index is 0.0964. The second kappa shape index (κ2) is 6.60. The van der Waals surface area contributed by atoms with Crippen LogP contribution in [-0.2, 0) is 0 Å². The normalized spacial score (nSPS) is 18.4. The second-order valence-electron chi connectivity index (χ2n) is 4.60. The Kier molecular flexibility index (Phi) is 4.84. The molecular weight excluding hydrogens is 278 g/mol. The number of hydrogen-bond donors (Lipinski definition) is 2. The number of para-hydroxylation sites is 1. The fraction of sp³-hybridized carbons (Fsp3) is 0.462. The molecule has 0 bridgehead atoms. The third-order valence-electron chi connectivity index (χ3n) is 3.23. The zero-order valence-electron chi connectivity index (χ0n) is 11.2. The fourth-order valence-electron chi connectivity index (χ4n) is 2.24. The van der Waals surface area contributed by atoms with Crippen molar-refractivity contribution in [3.63, 3.8) is 0 Å². The summed E-state index contributed by atoms with van der Waals surface area (Å²) in [6, 6.07) is 4.82. The molecular formula is C13H17N3O3S. The van der Waals surface area contributed by atoms with Crippen LogP contribution in [0.2, 0.25) is 0 Å². The number of nitro groups is 1. The van der Waals surface area contributed by atoms with Crippen molar-refractivity contribution >= 4 is 29.0 Å². The number of anilines is 1. The molecule has 0 aliphatic carbocycles. The van der Waals surface area contributed by atoms with Gasteiger partial charge in [0.05, 0.1) is 4.92 Å². The lowest BCUT2D eigenvalue weighted by Gasteiger charge is -2.22. The van der Waals surface area contributed by atoms with E-state index < -0.39 is 4.92 Å². The number of nitrogens with zero attached hydrogens (tertiary/aromatic N) is 1. The standard InChI is InChI=1S/C13H17N3O3S/c1-14-11-6-2-5-10(12(11)16(18)19)13(17)15-9-4-3-7-20-8-9/h2,5-6,9,14H,3-4,7-8H2,1H3,(H,15,17). The van der Waals surface area contributed by atoms with Crippen LogP contribution in [0, 0.1) is 10.1 Å². The molecule has 0 spiro atoms. The summed E-state index contributed by atoms with van der Waals surface area (Å²) in [5.74, 6) is 1.61. The van der Waals surface area contributed by atoms with Crippen LogP contribution in [0.3, 0.4) is 0 Å². The smallest absolute Gasteiger partial charge is 0.305 e. The minimum Gasteiger partial charge on any atom is -0.383 e. The van der Waals surface area contributed by atoms with Crippen LogP contribution in [0.5, 0.6) is 0 Å². The summed E-state index contributed by atoms with van der Waals surface area (Å²) in [6.45, 7) is 0. The van der Waals surface area contributed by atoms with Crippen molar-refractivity contribution in [3.8, 4) is 0 Å². The number of amides is 1. The molecule has 1 unspecified atom stereocenters. The lowest BCUT2D eigenvalue weighted by atomic mass is 10.1. The lowest BCUT2D eigenvalue weighted by Crippen LogP contribution is -2.38. The maximum absolute atomic E-state index is 12.3. The summed E-state index contributed by atoms with van der Waals surface area (Å²) >= 11 is 1.80. The van der Waals surface area contributed by atoms with Crippen molar-refractivity contribution in [2.45, 2.75) is 18.9 Å². The largest absolute Gasteiger partial charge is 0.383 e. The van der Waals surface area contributed by atoms with E-state index in [2.05, 4.69) is 10.6 Å². The molecule has 1 aliphatic heterocycles. The summed E-state index contributed by atoms with van der Waals surface area (Å²) in [4.78, 5) is 22.9. The number of thioether (sulfide) groups is 1. The molecule has 0 saturated carbocycles. The highest BCUT2D eigenvalue weighted by atomic mass is 32.2. The summed E-state index contributed by atoms with van der Waals surface area (Å²) in [5.41, 5.74) is 0.286. The molecule has 1 saturated heterocycles. The van der Waals surface area contributed by atoms with Crippen LogP contribution in [-0.4, -0.2) is 35.4 Å². The lowest BCUT2D eigenvalue weighted by molar-refractivity contribution is -0.384. The van der Waals surface area contributed by atoms with Crippen molar-refractivity contribution in [1.82, 2.24) is 5.32 Å². The molecule has 1 amide bonds. The molecule has 2 rings (SSSR count). The average Bonchev–Trinajstić information content (AvgIpc) is 2.47. The van der Waals surface area contributed by atoms with Crippen LogP contribution in [0.4, 0.5) is 11.4 Å². The molecule has 6 nitrogen and oxygen atoms in total. The SMILES string of the molecule is CNc1cccc(C(=O)NC2CCCSC2)c1[N+](=O)[O-]. The van der Waals surface area contributed by atoms with E-state index in [1.165, 1.54) is 6.07 Å². The molecule has 1 aliphatic rings. The molecule has 0 aromatic heterocycles. The van der Waals surface area contributed by atoms with Crippen molar-refractivity contribution in [1.29, 1.82) is 0 Å². The number of carbonyl (C=O) groups is 1. The zero-order chi connectivity index (χ0) is 14.5. The van der Waals surface area contributed by atoms with E-state index in [1.807, 2.05) is 0 Å². The van der Waals surface area contributed by atoms with Gasteiger partial charge in [0.15, 0.2) is 0 Å². The number of hydrogen-bond acceptors (Lipinski definition) is 5. The minimum atomic E-state index is -0.517. The summed E-state index contributed by atoms with van der Waals surface area (Å²) < 4.78 is 0. The van der Waals surface area contributed by atoms with Crippen LogP contribution >= 0.6 is 11.8 Å². The Bertz CT molecular complexity index is 516. The number of rotatable bonds is 4. The molecule has 1 heterocycles. The highest BCUT2D eigenvalue weighted by Gasteiger charge is 2.26. The molecule has 0 radical (unpaired) electrons. The van der Waals surface area contributed by atoms with E-state index in [9.17, 15) is 14.9 Å². The predicted octanol–water partition coefficient (Wildman–Crippen LogP) is 2.26. The van der Waals surface area contributed by atoms with Gasteiger partial charge in [-0.2, -0.15) is 11.8 Å². The van der Waals surface area contributed by atoms with E-state index in [1.54, 1.807) is 30.9 Å². The third kappa shape index (κ3) is 3.22. The first-order chi connectivity index (χ1) is 9.63. The summed E-state index contributed by atoms with van der Waals surface area (Å²) in [7, 11) is 1.60. The second-order valence-corrected chi connectivity index (χ2v) is 5.75. The topological polar surface area (TPSA) is 84.3 Å². The highest BCUT2D eigenvalue weighted by Crippen LogP contribution is 2.28. The molecule has 7 heteroatoms. The van der Waals surface area contributed by atoms with Gasteiger partial charge < -0.3 is 10.6 Å². The quantitative estimate of drug-likeness (QED) is 0.657. The average molecular weight is 295 g/mol. The Hall–Kier alpha value is -1.76. The first-order valence-electron chi connectivity index (χ1n) is 6.47. The first kappa shape index (κ1) is 14.6. The van der Waals surface area contributed by atoms with Crippen LogP contribution in [0.1, 0.15) is 23.2 Å². The van der Waals surface area contributed by atoms with Crippen LogP contribution in [0.15, 0.2) is 18.2 Å². The van der Waals surface area contributed by atoms with Gasteiger partial charge in [-0.05, 0) is 30.7 Å². The monoisotopic (exact) mass is 295 g/mol. The van der Waals surface area contributed by atoms with E-state index in [0.29, 0.717) is 5.69 Å². The Morgan fingerprint density at radius 3 is 2.90 bits per heavy atom. The Morgan fingerprint density at radius 1 is 1.50 bits per heavy atom. The molecule has 1 aromatic rings. The zero-order valence-corrected chi connectivity index (χ0v) is 12.0. The highest BCUT2D eigenvalue weighted by molar-refractivity contribution is 7.99. The van der Waals surface area contributed by atoms with Crippen LogP contribution in [0.25, 0.3) is 0 Å². The Morgan fingerprint density at radius 2 is 2.30 bits per heavy atom. The fourth-order valence-corrected chi connectivity index (χ4v) is 3.31. The van der Waals surface area contributed by atoms with Crippen molar-refractivity contribution < 1.29 is 9.72 Å². The molecule has 1 fully saturated rings. The van der Waals surface area contributed by atoms with Gasteiger partial charge in [-0.1, -0.05) is 6.07 Å².